The first-order valence-electron chi connectivity index (χ1n) is 7.58. The second-order valence-electron chi connectivity index (χ2n) is 5.85. The number of carbonyl (C=O) groups is 2. The van der Waals surface area contributed by atoms with Crippen LogP contribution in [0, 0.1) is 6.92 Å². The number of aryl methyl sites for hydroxylation is 1. The van der Waals surface area contributed by atoms with Gasteiger partial charge in [-0.15, -0.1) is 0 Å². The van der Waals surface area contributed by atoms with Crippen LogP contribution in [0.1, 0.15) is 37.7 Å². The van der Waals surface area contributed by atoms with Crippen LogP contribution >= 0.6 is 0 Å². The van der Waals surface area contributed by atoms with Gasteiger partial charge in [-0.2, -0.15) is 0 Å². The molecule has 1 saturated carbocycles. The minimum Gasteiger partial charge on any atom is -0.351 e. The van der Waals surface area contributed by atoms with E-state index in [1.165, 1.54) is 17.4 Å². The zero-order chi connectivity index (χ0) is 14.8. The Bertz CT molecular complexity index is 583. The maximum absolute atomic E-state index is 12.5. The van der Waals surface area contributed by atoms with Gasteiger partial charge in [0.2, 0.25) is 0 Å². The fraction of sp³-hybridized carbons (Fsp3) is 0.412. The van der Waals surface area contributed by atoms with Crippen molar-refractivity contribution in [2.45, 2.75) is 45.1 Å². The summed E-state index contributed by atoms with van der Waals surface area (Å²) in [5.41, 5.74) is 2.38. The molecule has 2 amide bonds. The first-order valence-corrected chi connectivity index (χ1v) is 7.58. The molecule has 1 fully saturated rings. The van der Waals surface area contributed by atoms with E-state index in [0.29, 0.717) is 5.70 Å². The first-order chi connectivity index (χ1) is 10.1. The number of benzene rings is 1. The second kappa shape index (κ2) is 5.72. The fourth-order valence-corrected chi connectivity index (χ4v) is 3.05. The summed E-state index contributed by atoms with van der Waals surface area (Å²) < 4.78 is 0. The quantitative estimate of drug-likeness (QED) is 0.868. The molecule has 1 heterocycles. The summed E-state index contributed by atoms with van der Waals surface area (Å²) in [5.74, 6) is -0.367. The van der Waals surface area contributed by atoms with E-state index in [2.05, 4.69) is 5.32 Å². The molecule has 1 aliphatic heterocycles. The maximum atomic E-state index is 12.5. The molecule has 0 saturated heterocycles. The Morgan fingerprint density at radius 2 is 1.71 bits per heavy atom. The molecule has 2 aliphatic rings. The highest BCUT2D eigenvalue weighted by molar-refractivity contribution is 6.17. The highest BCUT2D eigenvalue weighted by Gasteiger charge is 2.36. The van der Waals surface area contributed by atoms with Crippen LogP contribution in [-0.2, 0) is 9.59 Å². The van der Waals surface area contributed by atoms with Crippen LogP contribution in [0.2, 0.25) is 0 Å². The Hall–Kier alpha value is -2.10. The molecule has 0 atom stereocenters. The summed E-state index contributed by atoms with van der Waals surface area (Å²) in [7, 11) is 0. The van der Waals surface area contributed by atoms with Crippen molar-refractivity contribution in [3.8, 4) is 0 Å². The van der Waals surface area contributed by atoms with Crippen LogP contribution in [0.15, 0.2) is 36.0 Å². The third-order valence-corrected chi connectivity index (χ3v) is 4.22. The highest BCUT2D eigenvalue weighted by atomic mass is 16.2. The lowest BCUT2D eigenvalue weighted by Crippen LogP contribution is -2.42. The van der Waals surface area contributed by atoms with Gasteiger partial charge in [-0.3, -0.25) is 14.5 Å². The second-order valence-corrected chi connectivity index (χ2v) is 5.85. The predicted molar refractivity (Wildman–Crippen MR) is 81.6 cm³/mol. The van der Waals surface area contributed by atoms with E-state index in [-0.39, 0.29) is 17.9 Å². The molecular weight excluding hydrogens is 264 g/mol. The van der Waals surface area contributed by atoms with Crippen molar-refractivity contribution in [1.29, 1.82) is 0 Å². The SMILES string of the molecule is Cc1ccc(NC2=CC(=O)N(C3CCCCC3)C2=O)cc1. The Morgan fingerprint density at radius 3 is 2.38 bits per heavy atom. The fourth-order valence-electron chi connectivity index (χ4n) is 3.05. The highest BCUT2D eigenvalue weighted by Crippen LogP contribution is 2.27. The van der Waals surface area contributed by atoms with E-state index in [4.69, 9.17) is 0 Å². The molecule has 1 aromatic carbocycles. The first kappa shape index (κ1) is 13.9. The summed E-state index contributed by atoms with van der Waals surface area (Å²) in [6, 6.07) is 7.85. The van der Waals surface area contributed by atoms with E-state index in [1.807, 2.05) is 31.2 Å². The summed E-state index contributed by atoms with van der Waals surface area (Å²) in [6.07, 6.45) is 6.70. The number of nitrogens with zero attached hydrogens (tertiary/aromatic N) is 1. The lowest BCUT2D eigenvalue weighted by atomic mass is 9.94. The van der Waals surface area contributed by atoms with E-state index in [0.717, 1.165) is 36.9 Å². The molecule has 110 valence electrons. The van der Waals surface area contributed by atoms with Crippen molar-refractivity contribution in [2.24, 2.45) is 0 Å². The molecule has 0 radical (unpaired) electrons. The minimum atomic E-state index is -0.188. The lowest BCUT2D eigenvalue weighted by molar-refractivity contribution is -0.140. The van der Waals surface area contributed by atoms with E-state index in [9.17, 15) is 9.59 Å². The number of imide groups is 1. The molecule has 4 heteroatoms. The van der Waals surface area contributed by atoms with Crippen LogP contribution in [0.25, 0.3) is 0 Å². The van der Waals surface area contributed by atoms with Crippen molar-refractivity contribution in [2.75, 3.05) is 5.32 Å². The molecule has 0 aromatic heterocycles. The van der Waals surface area contributed by atoms with Crippen molar-refractivity contribution < 1.29 is 9.59 Å². The molecule has 1 N–H and O–H groups in total. The number of carbonyl (C=O) groups excluding carboxylic acids is 2. The van der Waals surface area contributed by atoms with Crippen molar-refractivity contribution in [1.82, 2.24) is 4.90 Å². The van der Waals surface area contributed by atoms with E-state index < -0.39 is 0 Å². The number of nitrogens with one attached hydrogen (secondary N) is 1. The van der Waals surface area contributed by atoms with Gasteiger partial charge in [-0.1, -0.05) is 37.0 Å². The predicted octanol–water partition coefficient (Wildman–Crippen LogP) is 2.99. The third-order valence-electron chi connectivity index (χ3n) is 4.22. The summed E-state index contributed by atoms with van der Waals surface area (Å²) >= 11 is 0. The minimum absolute atomic E-state index is 0.0762. The number of amides is 2. The Morgan fingerprint density at radius 1 is 1.05 bits per heavy atom. The zero-order valence-electron chi connectivity index (χ0n) is 12.3. The van der Waals surface area contributed by atoms with E-state index >= 15 is 0 Å². The normalized spacial score (nSPS) is 19.9. The maximum Gasteiger partial charge on any atom is 0.277 e. The van der Waals surface area contributed by atoms with Gasteiger partial charge in [0.25, 0.3) is 11.8 Å². The van der Waals surface area contributed by atoms with Crippen molar-refractivity contribution in [3.05, 3.63) is 41.6 Å². The molecule has 0 unspecified atom stereocenters. The van der Waals surface area contributed by atoms with Crippen molar-refractivity contribution >= 4 is 17.5 Å². The monoisotopic (exact) mass is 284 g/mol. The number of rotatable bonds is 3. The smallest absolute Gasteiger partial charge is 0.277 e. The van der Waals surface area contributed by atoms with Gasteiger partial charge >= 0.3 is 0 Å². The average Bonchev–Trinajstić information content (AvgIpc) is 2.77. The van der Waals surface area contributed by atoms with Crippen LogP contribution in [0.3, 0.4) is 0 Å². The van der Waals surface area contributed by atoms with Gasteiger partial charge in [-0.25, -0.2) is 0 Å². The molecule has 1 aliphatic carbocycles. The average molecular weight is 284 g/mol. The van der Waals surface area contributed by atoms with Gasteiger partial charge < -0.3 is 5.32 Å². The van der Waals surface area contributed by atoms with Gasteiger partial charge in [0.1, 0.15) is 5.70 Å². The largest absolute Gasteiger partial charge is 0.351 e. The Labute approximate surface area is 124 Å². The van der Waals surface area contributed by atoms with Gasteiger partial charge in [0.15, 0.2) is 0 Å². The van der Waals surface area contributed by atoms with E-state index in [1.54, 1.807) is 0 Å². The van der Waals surface area contributed by atoms with Crippen LogP contribution in [0.4, 0.5) is 5.69 Å². The summed E-state index contributed by atoms with van der Waals surface area (Å²) in [4.78, 5) is 26.0. The molecule has 0 spiro atoms. The van der Waals surface area contributed by atoms with Gasteiger partial charge in [0, 0.05) is 17.8 Å². The number of anilines is 1. The Balaban J connectivity index is 1.72. The standard InChI is InChI=1S/C17H20N2O2/c1-12-7-9-13(10-8-12)18-15-11-16(20)19(17(15)21)14-5-3-2-4-6-14/h7-11,14,18H,2-6H2,1H3. The number of hydrogen-bond acceptors (Lipinski definition) is 3. The lowest BCUT2D eigenvalue weighted by Gasteiger charge is -2.29. The molecule has 4 nitrogen and oxygen atoms in total. The van der Waals surface area contributed by atoms with Crippen LogP contribution in [0.5, 0.6) is 0 Å². The summed E-state index contributed by atoms with van der Waals surface area (Å²) in [6.45, 7) is 2.01. The molecular formula is C17H20N2O2. The topological polar surface area (TPSA) is 49.4 Å². The van der Waals surface area contributed by atoms with Crippen LogP contribution < -0.4 is 5.32 Å². The molecule has 0 bridgehead atoms. The summed E-state index contributed by atoms with van der Waals surface area (Å²) in [5, 5.41) is 3.07. The zero-order valence-corrected chi connectivity index (χ0v) is 12.3. The number of hydrogen-bond donors (Lipinski definition) is 1. The van der Waals surface area contributed by atoms with Gasteiger partial charge in [-0.05, 0) is 31.9 Å². The molecule has 1 aromatic rings. The molecule has 21 heavy (non-hydrogen) atoms. The Kier molecular flexibility index (Phi) is 3.78. The van der Waals surface area contributed by atoms with Gasteiger partial charge in [0.05, 0.1) is 0 Å². The molecule has 3 rings (SSSR count). The van der Waals surface area contributed by atoms with Crippen LogP contribution in [-0.4, -0.2) is 22.8 Å². The third kappa shape index (κ3) is 2.84. The van der Waals surface area contributed by atoms with Crippen molar-refractivity contribution in [3.63, 3.8) is 0 Å².